The van der Waals surface area contributed by atoms with Crippen LogP contribution >= 0.6 is 0 Å². The van der Waals surface area contributed by atoms with Crippen LogP contribution in [0.1, 0.15) is 18.9 Å². The van der Waals surface area contributed by atoms with Crippen LogP contribution in [-0.2, 0) is 0 Å². The van der Waals surface area contributed by atoms with Gasteiger partial charge < -0.3 is 20.3 Å². The average Bonchev–Trinajstić information content (AvgIpc) is 2.41. The molecule has 0 heterocycles. The lowest BCUT2D eigenvalue weighted by Crippen LogP contribution is -2.32. The van der Waals surface area contributed by atoms with Crippen molar-refractivity contribution < 1.29 is 14.9 Å². The van der Waals surface area contributed by atoms with Gasteiger partial charge in [-0.15, -0.1) is 0 Å². The maximum absolute atomic E-state index is 9.67. The zero-order valence-corrected chi connectivity index (χ0v) is 11.0. The molecule has 0 radical (unpaired) electrons. The van der Waals surface area contributed by atoms with E-state index in [9.17, 15) is 5.11 Å². The molecule has 5 nitrogen and oxygen atoms in total. The van der Waals surface area contributed by atoms with Crippen LogP contribution < -0.4 is 10.1 Å². The summed E-state index contributed by atoms with van der Waals surface area (Å²) < 4.78 is 5.40. The molecule has 0 aliphatic carbocycles. The largest absolute Gasteiger partial charge is 0.491 e. The van der Waals surface area contributed by atoms with E-state index in [1.54, 1.807) is 31.2 Å². The topological polar surface area (TPSA) is 85.5 Å². The Balaban J connectivity index is 2.18. The summed E-state index contributed by atoms with van der Waals surface area (Å²) in [7, 11) is 0. The summed E-state index contributed by atoms with van der Waals surface area (Å²) >= 11 is 0. The predicted octanol–water partition coefficient (Wildman–Crippen LogP) is 0.658. The third-order valence-corrected chi connectivity index (χ3v) is 2.54. The van der Waals surface area contributed by atoms with Gasteiger partial charge in [-0.05, 0) is 44.2 Å². The third-order valence-electron chi connectivity index (χ3n) is 2.54. The molecule has 0 saturated heterocycles. The lowest BCUT2D eigenvalue weighted by atomic mass is 10.2. The summed E-state index contributed by atoms with van der Waals surface area (Å²) in [6.45, 7) is 2.99. The molecule has 1 rings (SSSR count). The number of nitriles is 1. The molecular weight excluding hydrogens is 244 g/mol. The molecule has 5 heteroatoms. The summed E-state index contributed by atoms with van der Waals surface area (Å²) in [5.74, 6) is 0.627. The summed E-state index contributed by atoms with van der Waals surface area (Å²) in [4.78, 5) is 0. The number of nitrogens with zero attached hydrogens (tertiary/aromatic N) is 1. The Bertz CT molecular complexity index is 398. The fourth-order valence-corrected chi connectivity index (χ4v) is 1.46. The molecule has 0 aliphatic rings. The van der Waals surface area contributed by atoms with Gasteiger partial charge in [-0.1, -0.05) is 0 Å². The molecule has 0 spiro atoms. The Kier molecular flexibility index (Phi) is 6.90. The standard InChI is InChI=1S/C14H20N2O3/c1-11(17)6-7-16-9-13(18)10-19-14-4-2-12(8-15)3-5-14/h2-5,11,13,16-18H,6-7,9-10H2,1H3. The maximum atomic E-state index is 9.67. The third kappa shape index (κ3) is 6.77. The van der Waals surface area contributed by atoms with E-state index in [1.807, 2.05) is 6.07 Å². The van der Waals surface area contributed by atoms with Crippen molar-refractivity contribution in [3.63, 3.8) is 0 Å². The van der Waals surface area contributed by atoms with Gasteiger partial charge in [0.25, 0.3) is 0 Å². The zero-order valence-electron chi connectivity index (χ0n) is 11.0. The van der Waals surface area contributed by atoms with Crippen LogP contribution in [0.15, 0.2) is 24.3 Å². The van der Waals surface area contributed by atoms with Crippen LogP contribution in [0.25, 0.3) is 0 Å². The van der Waals surface area contributed by atoms with Crippen molar-refractivity contribution >= 4 is 0 Å². The highest BCUT2D eigenvalue weighted by molar-refractivity contribution is 5.34. The second-order valence-corrected chi connectivity index (χ2v) is 4.44. The molecule has 3 N–H and O–H groups in total. The first-order chi connectivity index (χ1) is 9.11. The van der Waals surface area contributed by atoms with E-state index in [0.717, 1.165) is 0 Å². The minimum absolute atomic E-state index is 0.188. The van der Waals surface area contributed by atoms with E-state index < -0.39 is 6.10 Å². The Labute approximate surface area is 113 Å². The highest BCUT2D eigenvalue weighted by atomic mass is 16.5. The van der Waals surface area contributed by atoms with Crippen LogP contribution in [0.2, 0.25) is 0 Å². The molecule has 2 atom stereocenters. The van der Waals surface area contributed by atoms with Crippen molar-refractivity contribution in [2.75, 3.05) is 19.7 Å². The highest BCUT2D eigenvalue weighted by Crippen LogP contribution is 2.11. The molecule has 2 unspecified atom stereocenters. The minimum Gasteiger partial charge on any atom is -0.491 e. The Morgan fingerprint density at radius 1 is 1.32 bits per heavy atom. The van der Waals surface area contributed by atoms with Gasteiger partial charge in [-0.3, -0.25) is 0 Å². The van der Waals surface area contributed by atoms with Gasteiger partial charge in [0.15, 0.2) is 0 Å². The van der Waals surface area contributed by atoms with Crippen molar-refractivity contribution in [3.8, 4) is 11.8 Å². The molecule has 0 aromatic heterocycles. The minimum atomic E-state index is -0.607. The van der Waals surface area contributed by atoms with Crippen molar-refractivity contribution in [2.24, 2.45) is 0 Å². The number of nitrogens with one attached hydrogen (secondary N) is 1. The molecular formula is C14H20N2O3. The van der Waals surface area contributed by atoms with E-state index in [4.69, 9.17) is 15.1 Å². The number of aliphatic hydroxyl groups is 2. The van der Waals surface area contributed by atoms with E-state index in [2.05, 4.69) is 5.32 Å². The first kappa shape index (κ1) is 15.4. The predicted molar refractivity (Wildman–Crippen MR) is 71.8 cm³/mol. The van der Waals surface area contributed by atoms with E-state index in [0.29, 0.717) is 30.8 Å². The zero-order chi connectivity index (χ0) is 14.1. The molecule has 1 aromatic carbocycles. The van der Waals surface area contributed by atoms with Gasteiger partial charge in [0.05, 0.1) is 17.7 Å². The Hall–Kier alpha value is -1.61. The number of hydrogen-bond acceptors (Lipinski definition) is 5. The number of benzene rings is 1. The first-order valence-electron chi connectivity index (χ1n) is 6.31. The van der Waals surface area contributed by atoms with Crippen LogP contribution in [0.3, 0.4) is 0 Å². The van der Waals surface area contributed by atoms with Crippen LogP contribution in [0, 0.1) is 11.3 Å². The SMILES string of the molecule is CC(O)CCNCC(O)COc1ccc(C#N)cc1. The van der Waals surface area contributed by atoms with E-state index in [-0.39, 0.29) is 12.7 Å². The van der Waals surface area contributed by atoms with Crippen molar-refractivity contribution in [1.82, 2.24) is 5.32 Å². The summed E-state index contributed by atoms with van der Waals surface area (Å²) in [6.07, 6.45) is -0.285. The molecule has 0 saturated carbocycles. The molecule has 0 amide bonds. The average molecular weight is 264 g/mol. The van der Waals surface area contributed by atoms with Gasteiger partial charge in [0.1, 0.15) is 18.5 Å². The normalized spacial score (nSPS) is 13.6. The molecule has 0 aliphatic heterocycles. The molecule has 1 aromatic rings. The quantitative estimate of drug-likeness (QED) is 0.601. The van der Waals surface area contributed by atoms with Crippen LogP contribution in [0.5, 0.6) is 5.75 Å². The second kappa shape index (κ2) is 8.48. The lowest BCUT2D eigenvalue weighted by molar-refractivity contribution is 0.104. The van der Waals surface area contributed by atoms with Crippen molar-refractivity contribution in [1.29, 1.82) is 5.26 Å². The summed E-state index contributed by atoms with van der Waals surface area (Å²) in [6, 6.07) is 8.77. The number of ether oxygens (including phenoxy) is 1. The number of rotatable bonds is 8. The molecule has 104 valence electrons. The van der Waals surface area contributed by atoms with E-state index >= 15 is 0 Å². The molecule has 0 bridgehead atoms. The second-order valence-electron chi connectivity index (χ2n) is 4.44. The highest BCUT2D eigenvalue weighted by Gasteiger charge is 2.05. The first-order valence-corrected chi connectivity index (χ1v) is 6.31. The van der Waals surface area contributed by atoms with Crippen LogP contribution in [0.4, 0.5) is 0 Å². The lowest BCUT2D eigenvalue weighted by Gasteiger charge is -2.13. The van der Waals surface area contributed by atoms with Crippen molar-refractivity contribution in [2.45, 2.75) is 25.6 Å². The van der Waals surface area contributed by atoms with Gasteiger partial charge >= 0.3 is 0 Å². The van der Waals surface area contributed by atoms with Gasteiger partial charge in [0, 0.05) is 6.54 Å². The maximum Gasteiger partial charge on any atom is 0.119 e. The molecule has 19 heavy (non-hydrogen) atoms. The fraction of sp³-hybridized carbons (Fsp3) is 0.500. The summed E-state index contributed by atoms with van der Waals surface area (Å²) in [5, 5.41) is 30.4. The van der Waals surface area contributed by atoms with Gasteiger partial charge in [-0.25, -0.2) is 0 Å². The molecule has 0 fully saturated rings. The van der Waals surface area contributed by atoms with Crippen molar-refractivity contribution in [3.05, 3.63) is 29.8 Å². The number of aliphatic hydroxyl groups excluding tert-OH is 2. The summed E-state index contributed by atoms with van der Waals surface area (Å²) in [5.41, 5.74) is 0.577. The van der Waals surface area contributed by atoms with Crippen LogP contribution in [-0.4, -0.2) is 42.1 Å². The monoisotopic (exact) mass is 264 g/mol. The Morgan fingerprint density at radius 2 is 2.00 bits per heavy atom. The van der Waals surface area contributed by atoms with E-state index in [1.165, 1.54) is 0 Å². The smallest absolute Gasteiger partial charge is 0.119 e. The number of hydrogen-bond donors (Lipinski definition) is 3. The van der Waals surface area contributed by atoms with Gasteiger partial charge in [0.2, 0.25) is 0 Å². The fourth-order valence-electron chi connectivity index (χ4n) is 1.46. The Morgan fingerprint density at radius 3 is 2.58 bits per heavy atom. The van der Waals surface area contributed by atoms with Gasteiger partial charge in [-0.2, -0.15) is 5.26 Å².